The number of benzene rings is 1. The highest BCUT2D eigenvalue weighted by atomic mass is 32.2. The quantitative estimate of drug-likeness (QED) is 0.841. The molecule has 1 aliphatic heterocycles. The lowest BCUT2D eigenvalue weighted by Crippen LogP contribution is -2.28. The van der Waals surface area contributed by atoms with Crippen molar-refractivity contribution in [1.29, 1.82) is 0 Å². The Morgan fingerprint density at radius 1 is 1.44 bits per heavy atom. The highest BCUT2D eigenvalue weighted by molar-refractivity contribution is 8.00. The van der Waals surface area contributed by atoms with E-state index in [0.29, 0.717) is 6.04 Å². The van der Waals surface area contributed by atoms with Crippen molar-refractivity contribution >= 4 is 11.8 Å². The average Bonchev–Trinajstić information content (AvgIpc) is 2.73. The molecule has 2 N–H and O–H groups in total. The zero-order valence-electron chi connectivity index (χ0n) is 9.65. The lowest BCUT2D eigenvalue weighted by Gasteiger charge is -2.12. The number of thioether (sulfide) groups is 1. The van der Waals surface area contributed by atoms with Crippen molar-refractivity contribution in [3.8, 4) is 0 Å². The molecule has 2 nitrogen and oxygen atoms in total. The van der Waals surface area contributed by atoms with Crippen LogP contribution in [0.2, 0.25) is 0 Å². The maximum Gasteiger partial charge on any atom is 0.0681 e. The van der Waals surface area contributed by atoms with E-state index in [4.69, 9.17) is 5.11 Å². The largest absolute Gasteiger partial charge is 0.392 e. The van der Waals surface area contributed by atoms with Crippen LogP contribution in [-0.2, 0) is 13.2 Å². The molecule has 0 amide bonds. The standard InChI is InChI=1S/C13H19NOS/c1-10-5-13(9-16-10)14-7-11-3-2-4-12(6-11)8-15/h2-4,6,10,13-15H,5,7-9H2,1H3. The second-order valence-electron chi connectivity index (χ2n) is 4.44. The minimum absolute atomic E-state index is 0.129. The summed E-state index contributed by atoms with van der Waals surface area (Å²) in [6, 6.07) is 8.79. The van der Waals surface area contributed by atoms with Gasteiger partial charge in [-0.1, -0.05) is 31.2 Å². The minimum atomic E-state index is 0.129. The second-order valence-corrected chi connectivity index (χ2v) is 5.91. The van der Waals surface area contributed by atoms with Crippen LogP contribution in [0.15, 0.2) is 24.3 Å². The Bertz CT molecular complexity index is 342. The van der Waals surface area contributed by atoms with Gasteiger partial charge in [-0.3, -0.25) is 0 Å². The lowest BCUT2D eigenvalue weighted by atomic mass is 10.1. The van der Waals surface area contributed by atoms with Gasteiger partial charge < -0.3 is 10.4 Å². The summed E-state index contributed by atoms with van der Waals surface area (Å²) in [7, 11) is 0. The third-order valence-corrected chi connectivity index (χ3v) is 4.32. The van der Waals surface area contributed by atoms with E-state index in [1.165, 1.54) is 17.7 Å². The van der Waals surface area contributed by atoms with Crippen molar-refractivity contribution in [3.63, 3.8) is 0 Å². The lowest BCUT2D eigenvalue weighted by molar-refractivity contribution is 0.281. The van der Waals surface area contributed by atoms with Crippen LogP contribution in [0.1, 0.15) is 24.5 Å². The van der Waals surface area contributed by atoms with Gasteiger partial charge in [0.1, 0.15) is 0 Å². The Hall–Kier alpha value is -0.510. The monoisotopic (exact) mass is 237 g/mol. The molecular weight excluding hydrogens is 218 g/mol. The van der Waals surface area contributed by atoms with Crippen LogP contribution in [0, 0.1) is 0 Å². The van der Waals surface area contributed by atoms with Crippen molar-refractivity contribution in [2.75, 3.05) is 5.75 Å². The van der Waals surface area contributed by atoms with Crippen LogP contribution in [-0.4, -0.2) is 22.2 Å². The summed E-state index contributed by atoms with van der Waals surface area (Å²) in [4.78, 5) is 0. The molecule has 1 aliphatic rings. The number of hydrogen-bond acceptors (Lipinski definition) is 3. The van der Waals surface area contributed by atoms with Gasteiger partial charge in [0.15, 0.2) is 0 Å². The fraction of sp³-hybridized carbons (Fsp3) is 0.538. The van der Waals surface area contributed by atoms with Crippen molar-refractivity contribution in [1.82, 2.24) is 5.32 Å². The fourth-order valence-electron chi connectivity index (χ4n) is 2.06. The van der Waals surface area contributed by atoms with Crippen molar-refractivity contribution in [3.05, 3.63) is 35.4 Å². The maximum atomic E-state index is 9.05. The highest BCUT2D eigenvalue weighted by Crippen LogP contribution is 2.26. The molecule has 2 atom stereocenters. The third kappa shape index (κ3) is 3.24. The Labute approximate surface area is 101 Å². The van der Waals surface area contributed by atoms with Gasteiger partial charge in [-0.2, -0.15) is 11.8 Å². The Morgan fingerprint density at radius 2 is 2.25 bits per heavy atom. The van der Waals surface area contributed by atoms with Crippen LogP contribution in [0.5, 0.6) is 0 Å². The van der Waals surface area contributed by atoms with Gasteiger partial charge in [-0.25, -0.2) is 0 Å². The Kier molecular flexibility index (Phi) is 4.27. The first-order valence-corrected chi connectivity index (χ1v) is 6.86. The first kappa shape index (κ1) is 12.0. The van der Waals surface area contributed by atoms with Gasteiger partial charge in [-0.15, -0.1) is 0 Å². The Balaban J connectivity index is 1.84. The number of nitrogens with one attached hydrogen (secondary N) is 1. The van der Waals surface area contributed by atoms with Gasteiger partial charge in [0.25, 0.3) is 0 Å². The predicted octanol–water partition coefficient (Wildman–Crippen LogP) is 2.16. The van der Waals surface area contributed by atoms with Crippen LogP contribution < -0.4 is 5.32 Å². The molecule has 1 fully saturated rings. The maximum absolute atomic E-state index is 9.05. The fourth-order valence-corrected chi connectivity index (χ4v) is 3.24. The van der Waals surface area contributed by atoms with E-state index in [2.05, 4.69) is 24.4 Å². The van der Waals surface area contributed by atoms with E-state index >= 15 is 0 Å². The van der Waals surface area contributed by atoms with Crippen LogP contribution >= 0.6 is 11.8 Å². The second kappa shape index (κ2) is 5.71. The molecule has 0 aliphatic carbocycles. The van der Waals surface area contributed by atoms with Gasteiger partial charge in [0.2, 0.25) is 0 Å². The first-order chi connectivity index (χ1) is 7.78. The third-order valence-electron chi connectivity index (χ3n) is 2.97. The molecule has 0 aromatic heterocycles. The molecule has 88 valence electrons. The van der Waals surface area contributed by atoms with Crippen LogP contribution in [0.25, 0.3) is 0 Å². The van der Waals surface area contributed by atoms with Crippen LogP contribution in [0.3, 0.4) is 0 Å². The number of hydrogen-bond donors (Lipinski definition) is 2. The predicted molar refractivity (Wildman–Crippen MR) is 69.5 cm³/mol. The Morgan fingerprint density at radius 3 is 2.94 bits per heavy atom. The summed E-state index contributed by atoms with van der Waals surface area (Å²) in [6.07, 6.45) is 1.27. The summed E-state index contributed by atoms with van der Waals surface area (Å²) in [5.41, 5.74) is 2.25. The minimum Gasteiger partial charge on any atom is -0.392 e. The zero-order chi connectivity index (χ0) is 11.4. The number of aliphatic hydroxyl groups excluding tert-OH is 1. The van der Waals surface area contributed by atoms with Crippen molar-refractivity contribution in [2.24, 2.45) is 0 Å². The number of aliphatic hydroxyl groups is 1. The molecule has 2 rings (SSSR count). The van der Waals surface area contributed by atoms with E-state index in [9.17, 15) is 0 Å². The molecular formula is C13H19NOS. The zero-order valence-corrected chi connectivity index (χ0v) is 10.5. The molecule has 0 bridgehead atoms. The van der Waals surface area contributed by atoms with Gasteiger partial charge >= 0.3 is 0 Å². The molecule has 16 heavy (non-hydrogen) atoms. The van der Waals surface area contributed by atoms with Crippen molar-refractivity contribution < 1.29 is 5.11 Å². The molecule has 0 spiro atoms. The summed E-state index contributed by atoms with van der Waals surface area (Å²) in [5.74, 6) is 1.22. The van der Waals surface area contributed by atoms with E-state index in [1.807, 2.05) is 23.9 Å². The molecule has 1 aromatic carbocycles. The highest BCUT2D eigenvalue weighted by Gasteiger charge is 2.20. The molecule has 1 saturated heterocycles. The van der Waals surface area contributed by atoms with Gasteiger partial charge in [-0.05, 0) is 17.5 Å². The summed E-state index contributed by atoms with van der Waals surface area (Å²) in [6.45, 7) is 3.33. The van der Waals surface area contributed by atoms with E-state index in [1.54, 1.807) is 0 Å². The molecule has 1 heterocycles. The van der Waals surface area contributed by atoms with Gasteiger partial charge in [0.05, 0.1) is 6.61 Å². The van der Waals surface area contributed by atoms with E-state index in [-0.39, 0.29) is 6.61 Å². The molecule has 0 saturated carbocycles. The van der Waals surface area contributed by atoms with Gasteiger partial charge in [0, 0.05) is 23.6 Å². The summed E-state index contributed by atoms with van der Waals surface area (Å²) >= 11 is 2.05. The first-order valence-electron chi connectivity index (χ1n) is 5.81. The van der Waals surface area contributed by atoms with Crippen molar-refractivity contribution in [2.45, 2.75) is 37.8 Å². The molecule has 2 unspecified atom stereocenters. The SMILES string of the molecule is CC1CC(NCc2cccc(CO)c2)CS1. The molecule has 0 radical (unpaired) electrons. The molecule has 3 heteroatoms. The average molecular weight is 237 g/mol. The normalized spacial score (nSPS) is 24.9. The summed E-state index contributed by atoms with van der Waals surface area (Å²) in [5, 5.41) is 13.4. The van der Waals surface area contributed by atoms with E-state index < -0.39 is 0 Å². The van der Waals surface area contributed by atoms with E-state index in [0.717, 1.165) is 17.4 Å². The molecule has 1 aromatic rings. The topological polar surface area (TPSA) is 32.3 Å². The summed E-state index contributed by atoms with van der Waals surface area (Å²) < 4.78 is 0. The number of rotatable bonds is 4. The smallest absolute Gasteiger partial charge is 0.0681 e. The van der Waals surface area contributed by atoms with Crippen LogP contribution in [0.4, 0.5) is 0 Å².